The molecule has 0 aliphatic carbocycles. The maximum atomic E-state index is 11.7. The zero-order valence-corrected chi connectivity index (χ0v) is 15.3. The van der Waals surface area contributed by atoms with Crippen LogP contribution in [0.15, 0.2) is 12.2 Å². The number of carbonyl (C=O) groups is 2. The molecule has 0 rings (SSSR count). The van der Waals surface area contributed by atoms with Gasteiger partial charge in [0.2, 0.25) is 0 Å². The maximum Gasteiger partial charge on any atom is 0.305 e. The van der Waals surface area contributed by atoms with Gasteiger partial charge in [-0.15, -0.1) is 0 Å². The van der Waals surface area contributed by atoms with Gasteiger partial charge in [0.25, 0.3) is 0 Å². The van der Waals surface area contributed by atoms with E-state index in [1.165, 1.54) is 19.3 Å². The topological polar surface area (TPSA) is 43.4 Å². The Bertz CT molecular complexity index is 321. The van der Waals surface area contributed by atoms with Crippen molar-refractivity contribution >= 4 is 11.8 Å². The van der Waals surface area contributed by atoms with Crippen molar-refractivity contribution in [3.05, 3.63) is 12.2 Å². The van der Waals surface area contributed by atoms with E-state index in [0.29, 0.717) is 31.7 Å². The van der Waals surface area contributed by atoms with Gasteiger partial charge in [-0.25, -0.2) is 0 Å². The summed E-state index contributed by atoms with van der Waals surface area (Å²) in [5.41, 5.74) is 0. The highest BCUT2D eigenvalue weighted by Crippen LogP contribution is 2.10. The first-order valence-electron chi connectivity index (χ1n) is 9.53. The van der Waals surface area contributed by atoms with Gasteiger partial charge in [0, 0.05) is 19.3 Å². The third-order valence-corrected chi connectivity index (χ3v) is 3.88. The molecule has 0 radical (unpaired) electrons. The monoisotopic (exact) mass is 324 g/mol. The Morgan fingerprint density at radius 3 is 2.09 bits per heavy atom. The second kappa shape index (κ2) is 17.2. The van der Waals surface area contributed by atoms with Crippen molar-refractivity contribution in [1.29, 1.82) is 0 Å². The van der Waals surface area contributed by atoms with Crippen LogP contribution in [0.4, 0.5) is 0 Å². The average Bonchev–Trinajstić information content (AvgIpc) is 2.53. The van der Waals surface area contributed by atoms with Crippen molar-refractivity contribution < 1.29 is 14.3 Å². The molecule has 0 unspecified atom stereocenters. The summed E-state index contributed by atoms with van der Waals surface area (Å²) < 4.78 is 4.89. The van der Waals surface area contributed by atoms with E-state index in [4.69, 9.17) is 4.74 Å². The molecule has 0 N–H and O–H groups in total. The van der Waals surface area contributed by atoms with E-state index in [-0.39, 0.29) is 5.97 Å². The van der Waals surface area contributed by atoms with Crippen LogP contribution in [0.1, 0.15) is 97.3 Å². The summed E-state index contributed by atoms with van der Waals surface area (Å²) in [5.74, 6) is 0.278. The summed E-state index contributed by atoms with van der Waals surface area (Å²) in [5, 5.41) is 0. The lowest BCUT2D eigenvalue weighted by molar-refractivity contribution is -0.143. The van der Waals surface area contributed by atoms with E-state index in [1.54, 1.807) is 0 Å². The fourth-order valence-corrected chi connectivity index (χ4v) is 2.48. The van der Waals surface area contributed by atoms with Gasteiger partial charge in [-0.05, 0) is 32.6 Å². The van der Waals surface area contributed by atoms with Gasteiger partial charge in [0.1, 0.15) is 5.78 Å². The first kappa shape index (κ1) is 21.9. The first-order chi connectivity index (χ1) is 11.2. The van der Waals surface area contributed by atoms with Crippen molar-refractivity contribution in [2.45, 2.75) is 97.3 Å². The lowest BCUT2D eigenvalue weighted by Crippen LogP contribution is -2.03. The second-order valence-electron chi connectivity index (χ2n) is 6.14. The number of ketones is 1. The van der Waals surface area contributed by atoms with Gasteiger partial charge in [-0.2, -0.15) is 0 Å². The zero-order chi connectivity index (χ0) is 17.2. The first-order valence-corrected chi connectivity index (χ1v) is 9.53. The van der Waals surface area contributed by atoms with Crippen molar-refractivity contribution in [3.8, 4) is 0 Å². The highest BCUT2D eigenvalue weighted by molar-refractivity contribution is 5.79. The molecule has 3 nitrogen and oxygen atoms in total. The van der Waals surface area contributed by atoms with Crippen molar-refractivity contribution in [1.82, 2.24) is 0 Å². The molecule has 0 saturated heterocycles. The molecule has 23 heavy (non-hydrogen) atoms. The van der Waals surface area contributed by atoms with Crippen LogP contribution < -0.4 is 0 Å². The third kappa shape index (κ3) is 17.1. The molecule has 0 spiro atoms. The summed E-state index contributed by atoms with van der Waals surface area (Å²) in [6, 6.07) is 0. The Kier molecular flexibility index (Phi) is 16.4. The average molecular weight is 325 g/mol. The van der Waals surface area contributed by atoms with Crippen molar-refractivity contribution in [2.24, 2.45) is 0 Å². The molecule has 0 aromatic carbocycles. The van der Waals surface area contributed by atoms with Crippen LogP contribution >= 0.6 is 0 Å². The highest BCUT2D eigenvalue weighted by Gasteiger charge is 2.01. The summed E-state index contributed by atoms with van der Waals surface area (Å²) in [6.45, 7) is 4.51. The summed E-state index contributed by atoms with van der Waals surface area (Å²) >= 11 is 0. The minimum Gasteiger partial charge on any atom is -0.466 e. The van der Waals surface area contributed by atoms with E-state index < -0.39 is 0 Å². The van der Waals surface area contributed by atoms with E-state index in [2.05, 4.69) is 13.0 Å². The second-order valence-corrected chi connectivity index (χ2v) is 6.14. The van der Waals surface area contributed by atoms with Gasteiger partial charge < -0.3 is 4.74 Å². The SMILES string of the molecule is CCCCC/C=C\CC(=O)CCCCCCCCC(=O)OCC. The predicted octanol–water partition coefficient (Wildman–Crippen LogP) is 5.77. The molecule has 0 heterocycles. The Morgan fingerprint density at radius 2 is 1.43 bits per heavy atom. The molecular weight excluding hydrogens is 288 g/mol. The number of Topliss-reactive ketones (excluding diaryl/α,β-unsaturated/α-hetero) is 1. The summed E-state index contributed by atoms with van der Waals surface area (Å²) in [4.78, 5) is 22.8. The van der Waals surface area contributed by atoms with Crippen LogP contribution in [-0.4, -0.2) is 18.4 Å². The van der Waals surface area contributed by atoms with Gasteiger partial charge in [-0.3, -0.25) is 9.59 Å². The number of rotatable bonds is 16. The van der Waals surface area contributed by atoms with E-state index in [0.717, 1.165) is 44.9 Å². The molecule has 0 amide bonds. The molecule has 0 aliphatic rings. The fraction of sp³-hybridized carbons (Fsp3) is 0.800. The largest absolute Gasteiger partial charge is 0.466 e. The molecule has 0 aromatic heterocycles. The quantitative estimate of drug-likeness (QED) is 0.206. The molecule has 0 saturated carbocycles. The number of carbonyl (C=O) groups excluding carboxylic acids is 2. The third-order valence-electron chi connectivity index (χ3n) is 3.88. The number of unbranched alkanes of at least 4 members (excludes halogenated alkanes) is 8. The van der Waals surface area contributed by atoms with Gasteiger partial charge in [0.15, 0.2) is 0 Å². The van der Waals surface area contributed by atoms with Crippen LogP contribution in [0, 0.1) is 0 Å². The normalized spacial score (nSPS) is 11.0. The predicted molar refractivity (Wildman–Crippen MR) is 96.5 cm³/mol. The summed E-state index contributed by atoms with van der Waals surface area (Å²) in [7, 11) is 0. The Labute approximate surface area is 142 Å². The van der Waals surface area contributed by atoms with E-state index in [1.807, 2.05) is 13.0 Å². The minimum absolute atomic E-state index is 0.0826. The number of ether oxygens (including phenoxy) is 1. The van der Waals surface area contributed by atoms with Crippen LogP contribution in [0.25, 0.3) is 0 Å². The highest BCUT2D eigenvalue weighted by atomic mass is 16.5. The van der Waals surface area contributed by atoms with Crippen molar-refractivity contribution in [2.75, 3.05) is 6.61 Å². The molecule has 3 heteroatoms. The van der Waals surface area contributed by atoms with Crippen LogP contribution in [-0.2, 0) is 14.3 Å². The Hall–Kier alpha value is -1.12. The molecule has 0 bridgehead atoms. The molecule has 0 fully saturated rings. The van der Waals surface area contributed by atoms with Gasteiger partial charge in [0.05, 0.1) is 6.61 Å². The molecule has 134 valence electrons. The number of hydrogen-bond donors (Lipinski definition) is 0. The Morgan fingerprint density at radius 1 is 0.783 bits per heavy atom. The molecular formula is C20H36O3. The van der Waals surface area contributed by atoms with Crippen LogP contribution in [0.2, 0.25) is 0 Å². The van der Waals surface area contributed by atoms with E-state index in [9.17, 15) is 9.59 Å². The lowest BCUT2D eigenvalue weighted by atomic mass is 10.1. The van der Waals surface area contributed by atoms with Crippen LogP contribution in [0.3, 0.4) is 0 Å². The van der Waals surface area contributed by atoms with Crippen molar-refractivity contribution in [3.63, 3.8) is 0 Å². The Balaban J connectivity index is 3.31. The number of allylic oxidation sites excluding steroid dienone is 2. The minimum atomic E-state index is -0.0826. The standard InChI is InChI=1S/C20H36O3/c1-3-5-6-7-10-13-16-19(21)17-14-11-8-9-12-15-18-20(22)23-4-2/h10,13H,3-9,11-12,14-18H2,1-2H3/b13-10-. The fourth-order valence-electron chi connectivity index (χ4n) is 2.48. The molecule has 0 aliphatic heterocycles. The molecule has 0 aromatic rings. The van der Waals surface area contributed by atoms with E-state index >= 15 is 0 Å². The van der Waals surface area contributed by atoms with Gasteiger partial charge >= 0.3 is 5.97 Å². The smallest absolute Gasteiger partial charge is 0.305 e. The molecule has 0 atom stereocenters. The van der Waals surface area contributed by atoms with Crippen LogP contribution in [0.5, 0.6) is 0 Å². The lowest BCUT2D eigenvalue weighted by Gasteiger charge is -2.02. The summed E-state index contributed by atoms with van der Waals surface area (Å²) in [6.07, 6.45) is 17.3. The number of esters is 1. The maximum absolute atomic E-state index is 11.7. The zero-order valence-electron chi connectivity index (χ0n) is 15.3. The number of hydrogen-bond acceptors (Lipinski definition) is 3. The van der Waals surface area contributed by atoms with Gasteiger partial charge in [-0.1, -0.05) is 57.6 Å².